The third-order valence-corrected chi connectivity index (χ3v) is 6.63. The van der Waals surface area contributed by atoms with Crippen molar-refractivity contribution < 1.29 is 4.79 Å². The Kier molecular flexibility index (Phi) is 1.97. The fraction of sp³-hybridized carbons (Fsp3) is 0.933. The Bertz CT molecular complexity index is 343. The normalized spacial score (nSPS) is 54.1. The molecule has 3 aliphatic rings. The summed E-state index contributed by atoms with van der Waals surface area (Å²) in [5, 5.41) is 0. The minimum Gasteiger partial charge on any atom is -0.299 e. The van der Waals surface area contributed by atoms with Crippen LogP contribution in [0.4, 0.5) is 0 Å². The predicted molar refractivity (Wildman–Crippen MR) is 65.0 cm³/mol. The van der Waals surface area contributed by atoms with E-state index < -0.39 is 0 Å². The van der Waals surface area contributed by atoms with Gasteiger partial charge in [0.05, 0.1) is 0 Å². The van der Waals surface area contributed by atoms with Crippen molar-refractivity contribution in [3.05, 3.63) is 0 Å². The van der Waals surface area contributed by atoms with Crippen LogP contribution in [0, 0.1) is 34.5 Å². The van der Waals surface area contributed by atoms with E-state index in [1.807, 2.05) is 0 Å². The van der Waals surface area contributed by atoms with Crippen LogP contribution in [0.3, 0.4) is 0 Å². The monoisotopic (exact) mass is 220 g/mol. The Morgan fingerprint density at radius 3 is 2.56 bits per heavy atom. The molecule has 16 heavy (non-hydrogen) atoms. The number of carbonyl (C=O) groups excluding carboxylic acids is 1. The second-order valence-corrected chi connectivity index (χ2v) is 7.33. The van der Waals surface area contributed by atoms with Gasteiger partial charge < -0.3 is 0 Å². The molecule has 0 unspecified atom stereocenters. The highest BCUT2D eigenvalue weighted by molar-refractivity contribution is 5.83. The summed E-state index contributed by atoms with van der Waals surface area (Å²) in [6, 6.07) is 0. The molecule has 0 aromatic carbocycles. The number of carbonyl (C=O) groups is 1. The second kappa shape index (κ2) is 2.91. The Labute approximate surface area is 99.0 Å². The summed E-state index contributed by atoms with van der Waals surface area (Å²) >= 11 is 0. The molecule has 3 rings (SSSR count). The molecule has 2 bridgehead atoms. The van der Waals surface area contributed by atoms with E-state index in [9.17, 15) is 4.79 Å². The number of hydrogen-bond acceptors (Lipinski definition) is 1. The lowest BCUT2D eigenvalue weighted by Gasteiger charge is -2.38. The third kappa shape index (κ3) is 1.01. The van der Waals surface area contributed by atoms with Gasteiger partial charge in [-0.25, -0.2) is 0 Å². The third-order valence-electron chi connectivity index (χ3n) is 6.63. The Morgan fingerprint density at radius 2 is 1.88 bits per heavy atom. The summed E-state index contributed by atoms with van der Waals surface area (Å²) in [5.41, 5.74) is 0.800. The zero-order valence-electron chi connectivity index (χ0n) is 11.0. The van der Waals surface area contributed by atoms with Crippen molar-refractivity contribution in [2.24, 2.45) is 34.5 Å². The van der Waals surface area contributed by atoms with Crippen molar-refractivity contribution in [3.8, 4) is 0 Å². The first kappa shape index (κ1) is 10.8. The highest BCUT2D eigenvalue weighted by atomic mass is 16.1. The maximum absolute atomic E-state index is 12.2. The average molecular weight is 220 g/mol. The topological polar surface area (TPSA) is 17.1 Å². The van der Waals surface area contributed by atoms with Gasteiger partial charge in [-0.1, -0.05) is 27.7 Å². The number of rotatable bonds is 0. The van der Waals surface area contributed by atoms with Crippen molar-refractivity contribution in [2.75, 3.05) is 0 Å². The lowest BCUT2D eigenvalue weighted by molar-refractivity contribution is -0.130. The summed E-state index contributed by atoms with van der Waals surface area (Å²) in [7, 11) is 0. The molecule has 0 heterocycles. The fourth-order valence-corrected chi connectivity index (χ4v) is 5.62. The van der Waals surface area contributed by atoms with E-state index in [0.29, 0.717) is 28.4 Å². The Hall–Kier alpha value is -0.330. The van der Waals surface area contributed by atoms with E-state index in [1.54, 1.807) is 0 Å². The standard InChI is InChI=1S/C15H24O/c1-9-5-6-13-14(3,4)11-7-15(9,13)8-12(16)10(11)2/h9-11,13H,5-8H2,1-4H3/t9-,10-,11+,13+,15+/m1/s1. The van der Waals surface area contributed by atoms with E-state index in [0.717, 1.165) is 18.3 Å². The molecular weight excluding hydrogens is 196 g/mol. The molecule has 0 aliphatic heterocycles. The molecule has 0 amide bonds. The van der Waals surface area contributed by atoms with Crippen LogP contribution in [0.15, 0.2) is 0 Å². The zero-order chi connectivity index (χ0) is 11.7. The van der Waals surface area contributed by atoms with E-state index in [-0.39, 0.29) is 0 Å². The summed E-state index contributed by atoms with van der Waals surface area (Å²) in [5.74, 6) is 3.12. The largest absolute Gasteiger partial charge is 0.299 e. The molecular formula is C15H24O. The molecule has 3 aliphatic carbocycles. The van der Waals surface area contributed by atoms with Crippen LogP contribution in [0.1, 0.15) is 53.4 Å². The summed E-state index contributed by atoms with van der Waals surface area (Å²) in [6.45, 7) is 9.42. The predicted octanol–water partition coefficient (Wildman–Crippen LogP) is 3.67. The van der Waals surface area contributed by atoms with E-state index in [4.69, 9.17) is 0 Å². The van der Waals surface area contributed by atoms with E-state index >= 15 is 0 Å². The molecule has 3 fully saturated rings. The average Bonchev–Trinajstić information content (AvgIpc) is 2.59. The summed E-state index contributed by atoms with van der Waals surface area (Å²) in [6.07, 6.45) is 4.94. The second-order valence-electron chi connectivity index (χ2n) is 7.33. The number of Topliss-reactive ketones (excluding diaryl/α,β-unsaturated/α-hetero) is 1. The molecule has 0 radical (unpaired) electrons. The maximum Gasteiger partial charge on any atom is 0.136 e. The molecule has 0 N–H and O–H groups in total. The SMILES string of the molecule is C[C@@H]1CC[C@H]2C(C)(C)[C@H]3C[C@]12CC(=O)[C@@H]3C. The smallest absolute Gasteiger partial charge is 0.136 e. The Balaban J connectivity index is 2.10. The highest BCUT2D eigenvalue weighted by Crippen LogP contribution is 2.71. The molecule has 0 saturated heterocycles. The number of ketones is 1. The lowest BCUT2D eigenvalue weighted by Crippen LogP contribution is -2.36. The van der Waals surface area contributed by atoms with Gasteiger partial charge >= 0.3 is 0 Å². The molecule has 1 heteroatoms. The van der Waals surface area contributed by atoms with Gasteiger partial charge in [0.2, 0.25) is 0 Å². The van der Waals surface area contributed by atoms with Gasteiger partial charge in [0, 0.05) is 12.3 Å². The Morgan fingerprint density at radius 1 is 1.19 bits per heavy atom. The summed E-state index contributed by atoms with van der Waals surface area (Å²) in [4.78, 5) is 12.2. The van der Waals surface area contributed by atoms with Crippen molar-refractivity contribution in [1.29, 1.82) is 0 Å². The van der Waals surface area contributed by atoms with Crippen LogP contribution in [-0.2, 0) is 4.79 Å². The molecule has 5 atom stereocenters. The highest BCUT2D eigenvalue weighted by Gasteiger charge is 2.66. The van der Waals surface area contributed by atoms with E-state index in [1.165, 1.54) is 19.3 Å². The zero-order valence-corrected chi connectivity index (χ0v) is 11.0. The molecule has 1 spiro atoms. The van der Waals surface area contributed by atoms with Crippen LogP contribution in [0.25, 0.3) is 0 Å². The van der Waals surface area contributed by atoms with Crippen LogP contribution < -0.4 is 0 Å². The van der Waals surface area contributed by atoms with Crippen LogP contribution in [-0.4, -0.2) is 5.78 Å². The first-order valence-corrected chi connectivity index (χ1v) is 6.92. The summed E-state index contributed by atoms with van der Waals surface area (Å²) < 4.78 is 0. The minimum atomic E-state index is 0.318. The van der Waals surface area contributed by atoms with Gasteiger partial charge in [-0.15, -0.1) is 0 Å². The minimum absolute atomic E-state index is 0.318. The van der Waals surface area contributed by atoms with Gasteiger partial charge in [-0.05, 0) is 47.8 Å². The fourth-order valence-electron chi connectivity index (χ4n) is 5.62. The first-order chi connectivity index (χ1) is 7.39. The van der Waals surface area contributed by atoms with E-state index in [2.05, 4.69) is 27.7 Å². The maximum atomic E-state index is 12.2. The molecule has 90 valence electrons. The van der Waals surface area contributed by atoms with Crippen molar-refractivity contribution in [3.63, 3.8) is 0 Å². The van der Waals surface area contributed by atoms with Crippen LogP contribution >= 0.6 is 0 Å². The molecule has 0 aromatic rings. The van der Waals surface area contributed by atoms with Crippen LogP contribution in [0.2, 0.25) is 0 Å². The van der Waals surface area contributed by atoms with Gasteiger partial charge in [-0.3, -0.25) is 4.79 Å². The van der Waals surface area contributed by atoms with Crippen molar-refractivity contribution >= 4 is 5.78 Å². The van der Waals surface area contributed by atoms with Crippen molar-refractivity contribution in [2.45, 2.75) is 53.4 Å². The molecule has 3 saturated carbocycles. The van der Waals surface area contributed by atoms with Gasteiger partial charge in [0.15, 0.2) is 0 Å². The van der Waals surface area contributed by atoms with Crippen molar-refractivity contribution in [1.82, 2.24) is 0 Å². The number of hydrogen-bond donors (Lipinski definition) is 0. The van der Waals surface area contributed by atoms with Gasteiger partial charge in [-0.2, -0.15) is 0 Å². The first-order valence-electron chi connectivity index (χ1n) is 6.92. The quantitative estimate of drug-likeness (QED) is 0.608. The molecule has 0 aromatic heterocycles. The number of fused-ring (bicyclic) bond motifs is 1. The van der Waals surface area contributed by atoms with Gasteiger partial charge in [0.25, 0.3) is 0 Å². The van der Waals surface area contributed by atoms with Gasteiger partial charge in [0.1, 0.15) is 5.78 Å². The lowest BCUT2D eigenvalue weighted by atomic mass is 9.65. The van der Waals surface area contributed by atoms with Crippen LogP contribution in [0.5, 0.6) is 0 Å². The molecule has 1 nitrogen and oxygen atoms in total.